The first kappa shape index (κ1) is 13.2. The van der Waals surface area contributed by atoms with E-state index in [1.165, 1.54) is 0 Å². The van der Waals surface area contributed by atoms with Crippen LogP contribution in [0.1, 0.15) is 0 Å². The van der Waals surface area contributed by atoms with E-state index in [2.05, 4.69) is 22.6 Å². The molecule has 1 heterocycles. The van der Waals surface area contributed by atoms with Crippen LogP contribution in [0.3, 0.4) is 0 Å². The van der Waals surface area contributed by atoms with Crippen LogP contribution in [-0.4, -0.2) is 9.36 Å². The number of hydrogen-bond acceptors (Lipinski definition) is 1. The zero-order chi connectivity index (χ0) is 14.1. The fourth-order valence-corrected chi connectivity index (χ4v) is 3.23. The molecule has 0 aliphatic carbocycles. The van der Waals surface area contributed by atoms with Crippen LogP contribution in [-0.2, 0) is 7.05 Å². The van der Waals surface area contributed by atoms with Crippen LogP contribution < -0.4 is 5.56 Å². The third-order valence-electron chi connectivity index (χ3n) is 3.26. The largest absolute Gasteiger partial charge is 0.285 e. The van der Waals surface area contributed by atoms with Crippen LogP contribution in [0.5, 0.6) is 0 Å². The molecule has 0 fully saturated rings. The summed E-state index contributed by atoms with van der Waals surface area (Å²) in [5, 5.41) is 0. The van der Waals surface area contributed by atoms with Gasteiger partial charge in [0.25, 0.3) is 5.56 Å². The Bertz CT molecular complexity index is 789. The van der Waals surface area contributed by atoms with Gasteiger partial charge in [-0.25, -0.2) is 4.68 Å². The Morgan fingerprint density at radius 1 is 0.900 bits per heavy atom. The predicted molar refractivity (Wildman–Crippen MR) is 89.2 cm³/mol. The van der Waals surface area contributed by atoms with Crippen LogP contribution in [0.2, 0.25) is 0 Å². The van der Waals surface area contributed by atoms with Gasteiger partial charge in [0.1, 0.15) is 3.57 Å². The molecule has 0 aliphatic heterocycles. The second-order valence-electron chi connectivity index (χ2n) is 4.50. The van der Waals surface area contributed by atoms with E-state index >= 15 is 0 Å². The van der Waals surface area contributed by atoms with Gasteiger partial charge in [0, 0.05) is 12.6 Å². The summed E-state index contributed by atoms with van der Waals surface area (Å²) in [5.41, 5.74) is 2.88. The highest BCUT2D eigenvalue weighted by Gasteiger charge is 2.17. The third-order valence-corrected chi connectivity index (χ3v) is 4.23. The lowest BCUT2D eigenvalue weighted by Crippen LogP contribution is -2.20. The van der Waals surface area contributed by atoms with E-state index in [4.69, 9.17) is 0 Å². The van der Waals surface area contributed by atoms with Gasteiger partial charge in [-0.2, -0.15) is 0 Å². The molecule has 0 unspecified atom stereocenters. The van der Waals surface area contributed by atoms with Crippen molar-refractivity contribution in [1.29, 1.82) is 0 Å². The molecule has 3 aromatic rings. The molecular weight excluding hydrogens is 363 g/mol. The van der Waals surface area contributed by atoms with Gasteiger partial charge in [0.15, 0.2) is 0 Å². The summed E-state index contributed by atoms with van der Waals surface area (Å²) >= 11 is 2.13. The van der Waals surface area contributed by atoms with Crippen LogP contribution in [0.4, 0.5) is 0 Å². The van der Waals surface area contributed by atoms with E-state index in [-0.39, 0.29) is 5.56 Å². The van der Waals surface area contributed by atoms with Crippen molar-refractivity contribution in [3.8, 4) is 16.9 Å². The summed E-state index contributed by atoms with van der Waals surface area (Å²) in [7, 11) is 1.92. The number of halogens is 1. The lowest BCUT2D eigenvalue weighted by Gasteiger charge is -2.10. The number of para-hydroxylation sites is 1. The SMILES string of the molecule is Cn1c(-c2ccccc2)c(I)c(=O)n1-c1ccccc1. The normalized spacial score (nSPS) is 10.7. The summed E-state index contributed by atoms with van der Waals surface area (Å²) < 4.78 is 4.35. The lowest BCUT2D eigenvalue weighted by molar-refractivity contribution is 0.652. The molecule has 20 heavy (non-hydrogen) atoms. The van der Waals surface area contributed by atoms with Crippen molar-refractivity contribution >= 4 is 22.6 Å². The van der Waals surface area contributed by atoms with E-state index < -0.39 is 0 Å². The van der Waals surface area contributed by atoms with E-state index in [1.807, 2.05) is 72.4 Å². The first-order chi connectivity index (χ1) is 9.70. The average molecular weight is 376 g/mol. The molecule has 3 nitrogen and oxygen atoms in total. The van der Waals surface area contributed by atoms with Crippen LogP contribution >= 0.6 is 22.6 Å². The maximum absolute atomic E-state index is 12.5. The van der Waals surface area contributed by atoms with Gasteiger partial charge in [-0.05, 0) is 34.7 Å². The van der Waals surface area contributed by atoms with Crippen molar-refractivity contribution in [3.63, 3.8) is 0 Å². The second kappa shape index (κ2) is 5.28. The summed E-state index contributed by atoms with van der Waals surface area (Å²) in [6, 6.07) is 19.7. The van der Waals surface area contributed by atoms with Crippen molar-refractivity contribution in [2.24, 2.45) is 7.05 Å². The Morgan fingerprint density at radius 3 is 2.05 bits per heavy atom. The van der Waals surface area contributed by atoms with Crippen molar-refractivity contribution < 1.29 is 0 Å². The number of benzene rings is 2. The molecule has 1 aromatic heterocycles. The molecule has 0 N–H and O–H groups in total. The highest BCUT2D eigenvalue weighted by atomic mass is 127. The zero-order valence-corrected chi connectivity index (χ0v) is 13.1. The molecule has 0 amide bonds. The van der Waals surface area contributed by atoms with E-state index in [9.17, 15) is 4.79 Å². The van der Waals surface area contributed by atoms with Gasteiger partial charge in [0.05, 0.1) is 11.4 Å². The van der Waals surface area contributed by atoms with Crippen molar-refractivity contribution in [1.82, 2.24) is 9.36 Å². The minimum Gasteiger partial charge on any atom is -0.279 e. The summed E-state index contributed by atoms with van der Waals surface area (Å²) in [6.07, 6.45) is 0. The Labute approximate surface area is 130 Å². The van der Waals surface area contributed by atoms with Gasteiger partial charge >= 0.3 is 0 Å². The quantitative estimate of drug-likeness (QED) is 0.630. The smallest absolute Gasteiger partial charge is 0.279 e. The number of rotatable bonds is 2. The Balaban J connectivity index is 2.28. The minimum atomic E-state index is 0.0122. The average Bonchev–Trinajstić information content (AvgIpc) is 2.71. The molecule has 2 aromatic carbocycles. The highest BCUT2D eigenvalue weighted by Crippen LogP contribution is 2.24. The zero-order valence-electron chi connectivity index (χ0n) is 11.0. The highest BCUT2D eigenvalue weighted by molar-refractivity contribution is 14.1. The van der Waals surface area contributed by atoms with E-state index in [1.54, 1.807) is 4.68 Å². The maximum Gasteiger partial charge on any atom is 0.285 e. The molecule has 0 radical (unpaired) electrons. The maximum atomic E-state index is 12.5. The summed E-state index contributed by atoms with van der Waals surface area (Å²) in [4.78, 5) is 12.5. The molecule has 4 heteroatoms. The molecule has 0 atom stereocenters. The van der Waals surface area contributed by atoms with Gasteiger partial charge in [-0.15, -0.1) is 0 Å². The molecule has 0 aliphatic rings. The summed E-state index contributed by atoms with van der Waals surface area (Å²) in [6.45, 7) is 0. The lowest BCUT2D eigenvalue weighted by atomic mass is 10.1. The molecule has 0 spiro atoms. The van der Waals surface area contributed by atoms with Crippen molar-refractivity contribution in [2.75, 3.05) is 0 Å². The van der Waals surface area contributed by atoms with E-state index in [0.29, 0.717) is 0 Å². The second-order valence-corrected chi connectivity index (χ2v) is 5.58. The predicted octanol–water partition coefficient (Wildman–Crippen LogP) is 3.45. The fraction of sp³-hybridized carbons (Fsp3) is 0.0625. The monoisotopic (exact) mass is 376 g/mol. The molecule has 0 saturated carbocycles. The van der Waals surface area contributed by atoms with Crippen LogP contribution in [0.15, 0.2) is 65.5 Å². The van der Waals surface area contributed by atoms with Gasteiger partial charge in [-0.3, -0.25) is 9.48 Å². The van der Waals surface area contributed by atoms with E-state index in [0.717, 1.165) is 20.5 Å². The number of aromatic nitrogens is 2. The molecular formula is C16H13IN2O. The van der Waals surface area contributed by atoms with Gasteiger partial charge < -0.3 is 0 Å². The standard InChI is InChI=1S/C16H13IN2O/c1-18-15(12-8-4-2-5-9-12)14(17)16(20)19(18)13-10-6-3-7-11-13/h2-11H,1H3. The Hall–Kier alpha value is -1.82. The molecule has 3 rings (SSSR count). The number of hydrogen-bond donors (Lipinski definition) is 0. The third kappa shape index (κ3) is 2.10. The van der Waals surface area contributed by atoms with Gasteiger partial charge in [0.2, 0.25) is 0 Å². The molecule has 0 bridgehead atoms. The summed E-state index contributed by atoms with van der Waals surface area (Å²) in [5.74, 6) is 0. The topological polar surface area (TPSA) is 26.9 Å². The van der Waals surface area contributed by atoms with Crippen molar-refractivity contribution in [2.45, 2.75) is 0 Å². The fourth-order valence-electron chi connectivity index (χ4n) is 2.34. The Morgan fingerprint density at radius 2 is 1.45 bits per heavy atom. The first-order valence-electron chi connectivity index (χ1n) is 6.28. The Kier molecular flexibility index (Phi) is 3.48. The molecule has 100 valence electrons. The van der Waals surface area contributed by atoms with Crippen LogP contribution in [0, 0.1) is 3.57 Å². The van der Waals surface area contributed by atoms with Gasteiger partial charge in [-0.1, -0.05) is 48.5 Å². The van der Waals surface area contributed by atoms with Crippen LogP contribution in [0.25, 0.3) is 16.9 Å². The molecule has 0 saturated heterocycles. The van der Waals surface area contributed by atoms with Crippen molar-refractivity contribution in [3.05, 3.63) is 74.6 Å². The minimum absolute atomic E-state index is 0.0122. The first-order valence-corrected chi connectivity index (χ1v) is 7.36. The number of nitrogens with zero attached hydrogens (tertiary/aromatic N) is 2.